The molecule has 0 atom stereocenters. The maximum Gasteiger partial charge on any atom is 0.181 e. The summed E-state index contributed by atoms with van der Waals surface area (Å²) in [6.45, 7) is 8.52. The second-order valence-corrected chi connectivity index (χ2v) is 4.85. The maximum atomic E-state index is 4.60. The van der Waals surface area contributed by atoms with Crippen LogP contribution < -0.4 is 0 Å². The molecule has 0 saturated heterocycles. The van der Waals surface area contributed by atoms with E-state index in [9.17, 15) is 0 Å². The second-order valence-electron chi connectivity index (χ2n) is 4.85. The Labute approximate surface area is 95.2 Å². The van der Waals surface area contributed by atoms with Crippen molar-refractivity contribution in [3.63, 3.8) is 0 Å². The lowest BCUT2D eigenvalue weighted by atomic mass is 9.89. The monoisotopic (exact) mass is 216 g/mol. The summed E-state index contributed by atoms with van der Waals surface area (Å²) in [5.74, 6) is 0. The molecule has 0 aromatic carbocycles. The smallest absolute Gasteiger partial charge is 0.181 e. The van der Waals surface area contributed by atoms with Gasteiger partial charge in [-0.05, 0) is 6.42 Å². The molecule has 0 amide bonds. The fourth-order valence-electron chi connectivity index (χ4n) is 1.70. The summed E-state index contributed by atoms with van der Waals surface area (Å²) in [6.07, 6.45) is 4.10. The Morgan fingerprint density at radius 1 is 1.19 bits per heavy atom. The van der Waals surface area contributed by atoms with Crippen LogP contribution in [0.25, 0.3) is 11.2 Å². The van der Waals surface area contributed by atoms with Gasteiger partial charge in [-0.15, -0.1) is 0 Å². The lowest BCUT2D eigenvalue weighted by Crippen LogP contribution is -2.18. The zero-order valence-corrected chi connectivity index (χ0v) is 10.2. The van der Waals surface area contributed by atoms with Crippen molar-refractivity contribution in [2.24, 2.45) is 0 Å². The normalized spacial score (nSPS) is 12.0. The lowest BCUT2D eigenvalue weighted by Gasteiger charge is -2.20. The number of aryl methyl sites for hydroxylation is 1. The highest BCUT2D eigenvalue weighted by molar-refractivity contribution is 5.68. The highest BCUT2D eigenvalue weighted by Crippen LogP contribution is 2.24. The molecule has 2 aromatic rings. The van der Waals surface area contributed by atoms with Crippen molar-refractivity contribution >= 4 is 11.2 Å². The Kier molecular flexibility index (Phi) is 2.58. The van der Waals surface area contributed by atoms with Crippen LogP contribution in [0, 0.1) is 0 Å². The van der Waals surface area contributed by atoms with E-state index in [2.05, 4.69) is 47.6 Å². The van der Waals surface area contributed by atoms with Crippen LogP contribution in [0.1, 0.15) is 39.1 Å². The first-order chi connectivity index (χ1) is 7.52. The second kappa shape index (κ2) is 3.77. The summed E-state index contributed by atoms with van der Waals surface area (Å²) in [5.41, 5.74) is 3.51. The molecule has 4 nitrogen and oxygen atoms in total. The zero-order chi connectivity index (χ0) is 11.8. The van der Waals surface area contributed by atoms with Crippen LogP contribution in [0.5, 0.6) is 0 Å². The molecule has 0 aliphatic rings. The zero-order valence-electron chi connectivity index (χ0n) is 10.2. The van der Waals surface area contributed by atoms with Gasteiger partial charge in [0.1, 0.15) is 11.8 Å². The van der Waals surface area contributed by atoms with Crippen molar-refractivity contribution in [2.75, 3.05) is 0 Å². The van der Waals surface area contributed by atoms with Gasteiger partial charge in [-0.25, -0.2) is 19.9 Å². The molecule has 84 valence electrons. The first kappa shape index (κ1) is 10.9. The predicted octanol–water partition coefficient (Wildman–Crippen LogP) is 2.28. The van der Waals surface area contributed by atoms with Crippen LogP contribution in [-0.2, 0) is 11.8 Å². The Hall–Kier alpha value is -1.58. The van der Waals surface area contributed by atoms with Crippen LogP contribution in [0.3, 0.4) is 0 Å². The molecule has 0 N–H and O–H groups in total. The molecule has 16 heavy (non-hydrogen) atoms. The molecule has 4 heteroatoms. The number of aromatic nitrogens is 4. The maximum absolute atomic E-state index is 4.60. The van der Waals surface area contributed by atoms with Crippen molar-refractivity contribution in [1.29, 1.82) is 0 Å². The Balaban J connectivity index is 2.73. The van der Waals surface area contributed by atoms with Gasteiger partial charge in [0.25, 0.3) is 0 Å². The Morgan fingerprint density at radius 2 is 1.94 bits per heavy atom. The SMILES string of the molecule is CCc1nc2cncnc2nc1C(C)(C)C. The summed E-state index contributed by atoms with van der Waals surface area (Å²) in [6, 6.07) is 0. The van der Waals surface area contributed by atoms with E-state index in [1.54, 1.807) is 6.20 Å². The van der Waals surface area contributed by atoms with Crippen LogP contribution in [0.15, 0.2) is 12.5 Å². The van der Waals surface area contributed by atoms with Gasteiger partial charge in [0.15, 0.2) is 5.65 Å². The van der Waals surface area contributed by atoms with Gasteiger partial charge in [-0.2, -0.15) is 0 Å². The minimum atomic E-state index is -0.00250. The quantitative estimate of drug-likeness (QED) is 0.733. The van der Waals surface area contributed by atoms with E-state index in [0.717, 1.165) is 23.3 Å². The highest BCUT2D eigenvalue weighted by atomic mass is 15.0. The van der Waals surface area contributed by atoms with Crippen LogP contribution >= 0.6 is 0 Å². The number of nitrogens with zero attached hydrogens (tertiary/aromatic N) is 4. The molecule has 0 fully saturated rings. The van der Waals surface area contributed by atoms with E-state index in [0.29, 0.717) is 5.65 Å². The molecule has 0 bridgehead atoms. The fourth-order valence-corrected chi connectivity index (χ4v) is 1.70. The molecule has 0 spiro atoms. The van der Waals surface area contributed by atoms with Gasteiger partial charge in [0, 0.05) is 5.41 Å². The first-order valence-corrected chi connectivity index (χ1v) is 5.49. The van der Waals surface area contributed by atoms with Gasteiger partial charge in [-0.1, -0.05) is 27.7 Å². The molecule has 2 rings (SSSR count). The van der Waals surface area contributed by atoms with Crippen molar-refractivity contribution in [3.05, 3.63) is 23.9 Å². The van der Waals surface area contributed by atoms with Crippen LogP contribution in [0.2, 0.25) is 0 Å². The molecule has 2 heterocycles. The molecular weight excluding hydrogens is 200 g/mol. The van der Waals surface area contributed by atoms with Crippen LogP contribution in [0.4, 0.5) is 0 Å². The van der Waals surface area contributed by atoms with Crippen LogP contribution in [-0.4, -0.2) is 19.9 Å². The molecule has 0 unspecified atom stereocenters. The van der Waals surface area contributed by atoms with E-state index in [4.69, 9.17) is 0 Å². The predicted molar refractivity (Wildman–Crippen MR) is 63.2 cm³/mol. The summed E-state index contributed by atoms with van der Waals surface area (Å²) >= 11 is 0. The van der Waals surface area contributed by atoms with Crippen molar-refractivity contribution < 1.29 is 0 Å². The molecule has 0 aliphatic carbocycles. The third-order valence-corrected chi connectivity index (χ3v) is 2.46. The Bertz CT molecular complexity index is 514. The summed E-state index contributed by atoms with van der Waals surface area (Å²) < 4.78 is 0. The van der Waals surface area contributed by atoms with Gasteiger partial charge in [0.05, 0.1) is 17.6 Å². The summed E-state index contributed by atoms with van der Waals surface area (Å²) in [5, 5.41) is 0. The Morgan fingerprint density at radius 3 is 2.56 bits per heavy atom. The van der Waals surface area contributed by atoms with Gasteiger partial charge < -0.3 is 0 Å². The van der Waals surface area contributed by atoms with Crippen molar-refractivity contribution in [2.45, 2.75) is 39.5 Å². The largest absolute Gasteiger partial charge is 0.246 e. The molecule has 0 aliphatic heterocycles. The van der Waals surface area contributed by atoms with Gasteiger partial charge in [0.2, 0.25) is 0 Å². The summed E-state index contributed by atoms with van der Waals surface area (Å²) in [4.78, 5) is 17.3. The number of hydrogen-bond donors (Lipinski definition) is 0. The van der Waals surface area contributed by atoms with Gasteiger partial charge >= 0.3 is 0 Å². The number of hydrogen-bond acceptors (Lipinski definition) is 4. The fraction of sp³-hybridized carbons (Fsp3) is 0.500. The summed E-state index contributed by atoms with van der Waals surface area (Å²) in [7, 11) is 0. The van der Waals surface area contributed by atoms with Gasteiger partial charge in [-0.3, -0.25) is 0 Å². The number of fused-ring (bicyclic) bond motifs is 1. The molecular formula is C12H16N4. The lowest BCUT2D eigenvalue weighted by molar-refractivity contribution is 0.558. The molecule has 0 saturated carbocycles. The van der Waals surface area contributed by atoms with E-state index in [1.807, 2.05) is 0 Å². The van der Waals surface area contributed by atoms with E-state index >= 15 is 0 Å². The first-order valence-electron chi connectivity index (χ1n) is 5.49. The molecule has 0 radical (unpaired) electrons. The van der Waals surface area contributed by atoms with E-state index < -0.39 is 0 Å². The van der Waals surface area contributed by atoms with E-state index in [-0.39, 0.29) is 5.41 Å². The minimum absolute atomic E-state index is 0.00250. The third-order valence-electron chi connectivity index (χ3n) is 2.46. The highest BCUT2D eigenvalue weighted by Gasteiger charge is 2.21. The average molecular weight is 216 g/mol. The topological polar surface area (TPSA) is 51.6 Å². The van der Waals surface area contributed by atoms with Crippen molar-refractivity contribution in [3.8, 4) is 0 Å². The standard InChI is InChI=1S/C12H16N4/c1-5-8-10(12(2,3)4)16-11-9(15-8)6-13-7-14-11/h6-7H,5H2,1-4H3. The molecule has 2 aromatic heterocycles. The van der Waals surface area contributed by atoms with Crippen molar-refractivity contribution in [1.82, 2.24) is 19.9 Å². The van der Waals surface area contributed by atoms with E-state index in [1.165, 1.54) is 6.33 Å². The number of rotatable bonds is 1. The average Bonchev–Trinajstić information content (AvgIpc) is 2.26. The third kappa shape index (κ3) is 1.87. The minimum Gasteiger partial charge on any atom is -0.246 e.